The molecule has 1 atom stereocenters. The highest BCUT2D eigenvalue weighted by Gasteiger charge is 2.30. The van der Waals surface area contributed by atoms with Gasteiger partial charge in [0.05, 0.1) is 12.5 Å². The third-order valence-electron chi connectivity index (χ3n) is 5.95. The SMILES string of the molecule is O=C(CN1CCC[C@H](C(=O)N2CCCCCC2)C1)NCC1CCC1. The van der Waals surface area contributed by atoms with E-state index in [0.29, 0.717) is 18.4 Å². The van der Waals surface area contributed by atoms with Crippen molar-refractivity contribution in [2.75, 3.05) is 39.3 Å². The van der Waals surface area contributed by atoms with Crippen molar-refractivity contribution >= 4 is 11.8 Å². The minimum atomic E-state index is 0.0938. The molecule has 5 nitrogen and oxygen atoms in total. The maximum absolute atomic E-state index is 12.8. The first-order chi connectivity index (χ1) is 11.7. The first-order valence-corrected chi connectivity index (χ1v) is 10.0. The number of likely N-dealkylation sites (tertiary alicyclic amines) is 2. The van der Waals surface area contributed by atoms with Crippen LogP contribution < -0.4 is 5.32 Å². The van der Waals surface area contributed by atoms with Crippen LogP contribution in [-0.2, 0) is 9.59 Å². The van der Waals surface area contributed by atoms with Gasteiger partial charge in [-0.15, -0.1) is 0 Å². The molecule has 5 heteroatoms. The minimum absolute atomic E-state index is 0.0938. The fraction of sp³-hybridized carbons (Fsp3) is 0.895. The van der Waals surface area contributed by atoms with Crippen molar-refractivity contribution in [2.45, 2.75) is 57.8 Å². The van der Waals surface area contributed by atoms with Crippen molar-refractivity contribution in [3.8, 4) is 0 Å². The molecule has 24 heavy (non-hydrogen) atoms. The normalized spacial score (nSPS) is 26.5. The van der Waals surface area contributed by atoms with Gasteiger partial charge in [0.1, 0.15) is 0 Å². The fourth-order valence-electron chi connectivity index (χ4n) is 4.16. The van der Waals surface area contributed by atoms with Crippen molar-refractivity contribution in [1.82, 2.24) is 15.1 Å². The van der Waals surface area contributed by atoms with Gasteiger partial charge in [0.25, 0.3) is 0 Å². The number of carbonyl (C=O) groups excluding carboxylic acids is 2. The molecular weight excluding hydrogens is 302 g/mol. The molecule has 0 aromatic heterocycles. The Morgan fingerprint density at radius 1 is 0.875 bits per heavy atom. The van der Waals surface area contributed by atoms with Gasteiger partial charge in [-0.2, -0.15) is 0 Å². The van der Waals surface area contributed by atoms with Gasteiger partial charge in [0.2, 0.25) is 11.8 Å². The summed E-state index contributed by atoms with van der Waals surface area (Å²) < 4.78 is 0. The zero-order chi connectivity index (χ0) is 16.8. The first-order valence-electron chi connectivity index (χ1n) is 10.0. The highest BCUT2D eigenvalue weighted by atomic mass is 16.2. The van der Waals surface area contributed by atoms with Crippen molar-refractivity contribution in [2.24, 2.45) is 11.8 Å². The van der Waals surface area contributed by atoms with Gasteiger partial charge >= 0.3 is 0 Å². The van der Waals surface area contributed by atoms with Crippen LogP contribution in [-0.4, -0.2) is 60.9 Å². The molecule has 3 rings (SSSR count). The largest absolute Gasteiger partial charge is 0.355 e. The van der Waals surface area contributed by atoms with Gasteiger partial charge in [-0.25, -0.2) is 0 Å². The predicted octanol–water partition coefficient (Wildman–Crippen LogP) is 2.02. The van der Waals surface area contributed by atoms with E-state index in [-0.39, 0.29) is 11.8 Å². The second kappa shape index (κ2) is 8.84. The molecule has 0 radical (unpaired) electrons. The van der Waals surface area contributed by atoms with Gasteiger partial charge in [0.15, 0.2) is 0 Å². The van der Waals surface area contributed by atoms with Gasteiger partial charge in [-0.1, -0.05) is 19.3 Å². The highest BCUT2D eigenvalue weighted by molar-refractivity contribution is 5.80. The summed E-state index contributed by atoms with van der Waals surface area (Å²) in [6.07, 6.45) is 10.6. The molecule has 2 saturated heterocycles. The van der Waals surface area contributed by atoms with Crippen LogP contribution in [0.1, 0.15) is 57.8 Å². The second-order valence-electron chi connectivity index (χ2n) is 7.91. The number of nitrogens with zero attached hydrogens (tertiary/aromatic N) is 2. The molecule has 1 aliphatic carbocycles. The zero-order valence-electron chi connectivity index (χ0n) is 15.0. The van der Waals surface area contributed by atoms with E-state index in [0.717, 1.165) is 58.4 Å². The molecule has 1 saturated carbocycles. The van der Waals surface area contributed by atoms with Crippen LogP contribution in [0.4, 0.5) is 0 Å². The Morgan fingerprint density at radius 3 is 2.29 bits per heavy atom. The van der Waals surface area contributed by atoms with Crippen LogP contribution in [0.5, 0.6) is 0 Å². The summed E-state index contributed by atoms with van der Waals surface area (Å²) in [5, 5.41) is 3.07. The lowest BCUT2D eigenvalue weighted by Gasteiger charge is -2.34. The van der Waals surface area contributed by atoms with Crippen LogP contribution >= 0.6 is 0 Å². The predicted molar refractivity (Wildman–Crippen MR) is 94.6 cm³/mol. The summed E-state index contributed by atoms with van der Waals surface area (Å²) in [6.45, 7) is 4.85. The standard InChI is InChI=1S/C19H33N3O2/c23-18(20-13-16-7-5-8-16)15-21-10-6-9-17(14-21)19(24)22-11-3-1-2-4-12-22/h16-17H,1-15H2,(H,20,23)/t17-/m0/s1. The second-order valence-corrected chi connectivity index (χ2v) is 7.91. The Morgan fingerprint density at radius 2 is 1.62 bits per heavy atom. The quantitative estimate of drug-likeness (QED) is 0.836. The Hall–Kier alpha value is -1.10. The number of amides is 2. The van der Waals surface area contributed by atoms with Crippen molar-refractivity contribution < 1.29 is 9.59 Å². The molecule has 1 N–H and O–H groups in total. The number of hydrogen-bond acceptors (Lipinski definition) is 3. The third kappa shape index (κ3) is 4.95. The topological polar surface area (TPSA) is 52.7 Å². The van der Waals surface area contributed by atoms with E-state index in [4.69, 9.17) is 0 Å². The molecule has 2 aliphatic heterocycles. The molecule has 0 aromatic rings. The lowest BCUT2D eigenvalue weighted by molar-refractivity contribution is -0.138. The van der Waals surface area contributed by atoms with Gasteiger partial charge in [0, 0.05) is 26.2 Å². The molecule has 0 spiro atoms. The average molecular weight is 335 g/mol. The summed E-state index contributed by atoms with van der Waals surface area (Å²) in [7, 11) is 0. The average Bonchev–Trinajstić information content (AvgIpc) is 2.82. The number of hydrogen-bond donors (Lipinski definition) is 1. The molecule has 0 bridgehead atoms. The molecule has 136 valence electrons. The molecule has 0 aromatic carbocycles. The summed E-state index contributed by atoms with van der Waals surface area (Å²) in [4.78, 5) is 29.2. The van der Waals surface area contributed by atoms with E-state index in [1.807, 2.05) is 0 Å². The van der Waals surface area contributed by atoms with Crippen LogP contribution in [0, 0.1) is 11.8 Å². The van der Waals surface area contributed by atoms with E-state index in [9.17, 15) is 9.59 Å². The van der Waals surface area contributed by atoms with E-state index < -0.39 is 0 Å². The number of carbonyl (C=O) groups is 2. The van der Waals surface area contributed by atoms with Crippen LogP contribution in [0.2, 0.25) is 0 Å². The van der Waals surface area contributed by atoms with Gasteiger partial charge in [-0.3, -0.25) is 14.5 Å². The summed E-state index contributed by atoms with van der Waals surface area (Å²) >= 11 is 0. The Kier molecular flexibility index (Phi) is 6.52. The number of nitrogens with one attached hydrogen (secondary N) is 1. The van der Waals surface area contributed by atoms with Crippen LogP contribution in [0.3, 0.4) is 0 Å². The van der Waals surface area contributed by atoms with Crippen LogP contribution in [0.25, 0.3) is 0 Å². The third-order valence-corrected chi connectivity index (χ3v) is 5.95. The van der Waals surface area contributed by atoms with Crippen molar-refractivity contribution in [1.29, 1.82) is 0 Å². The molecule has 3 aliphatic rings. The number of rotatable bonds is 5. The fourth-order valence-corrected chi connectivity index (χ4v) is 4.16. The van der Waals surface area contributed by atoms with E-state index in [1.54, 1.807) is 0 Å². The minimum Gasteiger partial charge on any atom is -0.355 e. The van der Waals surface area contributed by atoms with Crippen molar-refractivity contribution in [3.63, 3.8) is 0 Å². The van der Waals surface area contributed by atoms with E-state index >= 15 is 0 Å². The maximum Gasteiger partial charge on any atom is 0.234 e. The maximum atomic E-state index is 12.8. The number of piperidine rings is 1. The molecule has 2 heterocycles. The summed E-state index contributed by atoms with van der Waals surface area (Å²) in [6, 6.07) is 0. The smallest absolute Gasteiger partial charge is 0.234 e. The summed E-state index contributed by atoms with van der Waals surface area (Å²) in [5.74, 6) is 1.25. The Labute approximate surface area is 146 Å². The van der Waals surface area contributed by atoms with E-state index in [1.165, 1.54) is 32.1 Å². The zero-order valence-corrected chi connectivity index (χ0v) is 15.0. The van der Waals surface area contributed by atoms with Crippen LogP contribution in [0.15, 0.2) is 0 Å². The summed E-state index contributed by atoms with van der Waals surface area (Å²) in [5.41, 5.74) is 0. The van der Waals surface area contributed by atoms with Gasteiger partial charge in [-0.05, 0) is 51.0 Å². The Balaban J connectivity index is 1.42. The molecule has 0 unspecified atom stereocenters. The van der Waals surface area contributed by atoms with Gasteiger partial charge < -0.3 is 10.2 Å². The lowest BCUT2D eigenvalue weighted by atomic mass is 9.85. The monoisotopic (exact) mass is 335 g/mol. The molecule has 3 fully saturated rings. The highest BCUT2D eigenvalue weighted by Crippen LogP contribution is 2.25. The van der Waals surface area contributed by atoms with Crippen molar-refractivity contribution in [3.05, 3.63) is 0 Å². The molecule has 2 amide bonds. The first kappa shape index (κ1) is 17.7. The lowest BCUT2D eigenvalue weighted by Crippen LogP contribution is -2.48. The Bertz CT molecular complexity index is 428. The molecular formula is C19H33N3O2. The van der Waals surface area contributed by atoms with E-state index in [2.05, 4.69) is 15.1 Å².